The molecule has 1 aliphatic heterocycles. The van der Waals surface area contributed by atoms with Crippen LogP contribution in [-0.2, 0) is 28.4 Å². The second-order valence-corrected chi connectivity index (χ2v) is 9.84. The number of amides is 1. The molecule has 1 heterocycles. The standard InChI is InChI=1S/C20H23FN2O4S/c1-20(2,3)15-4-6-16(7-5-15)28(26,27)23-9-8-13-10-14(19(24)22-25)11-18(21)17(13)12-23/h4-7,10-11,25H,8-9,12H2,1-3H3,(H,22,24). The molecule has 28 heavy (non-hydrogen) atoms. The lowest BCUT2D eigenvalue weighted by molar-refractivity contribution is 0.0705. The number of fused-ring (bicyclic) bond motifs is 1. The zero-order chi connectivity index (χ0) is 20.7. The Morgan fingerprint density at radius 2 is 1.82 bits per heavy atom. The van der Waals surface area contributed by atoms with E-state index in [0.717, 1.165) is 11.6 Å². The predicted molar refractivity (Wildman–Crippen MR) is 102 cm³/mol. The Hall–Kier alpha value is -2.29. The molecule has 0 radical (unpaired) electrons. The summed E-state index contributed by atoms with van der Waals surface area (Å²) in [5.74, 6) is -1.48. The number of nitrogens with one attached hydrogen (secondary N) is 1. The molecule has 2 aromatic carbocycles. The van der Waals surface area contributed by atoms with Crippen molar-refractivity contribution in [3.63, 3.8) is 0 Å². The van der Waals surface area contributed by atoms with Gasteiger partial charge in [0.05, 0.1) is 4.90 Å². The van der Waals surface area contributed by atoms with Gasteiger partial charge < -0.3 is 0 Å². The summed E-state index contributed by atoms with van der Waals surface area (Å²) < 4.78 is 41.7. The fourth-order valence-electron chi connectivity index (χ4n) is 3.27. The minimum atomic E-state index is -3.77. The van der Waals surface area contributed by atoms with Crippen LogP contribution in [0.5, 0.6) is 0 Å². The van der Waals surface area contributed by atoms with Crippen LogP contribution < -0.4 is 5.48 Å². The lowest BCUT2D eigenvalue weighted by atomic mass is 9.87. The number of hydrogen-bond donors (Lipinski definition) is 2. The quantitative estimate of drug-likeness (QED) is 0.606. The molecule has 8 heteroatoms. The lowest BCUT2D eigenvalue weighted by Crippen LogP contribution is -2.36. The fraction of sp³-hybridized carbons (Fsp3) is 0.350. The zero-order valence-electron chi connectivity index (χ0n) is 16.0. The van der Waals surface area contributed by atoms with E-state index in [9.17, 15) is 17.6 Å². The Morgan fingerprint density at radius 1 is 1.18 bits per heavy atom. The highest BCUT2D eigenvalue weighted by atomic mass is 32.2. The molecule has 0 bridgehead atoms. The van der Waals surface area contributed by atoms with Crippen molar-refractivity contribution in [2.45, 2.75) is 44.0 Å². The van der Waals surface area contributed by atoms with Gasteiger partial charge in [-0.2, -0.15) is 4.31 Å². The van der Waals surface area contributed by atoms with Crippen molar-refractivity contribution in [1.29, 1.82) is 0 Å². The van der Waals surface area contributed by atoms with Crippen molar-refractivity contribution in [2.24, 2.45) is 0 Å². The van der Waals surface area contributed by atoms with Crippen molar-refractivity contribution in [3.05, 3.63) is 64.5 Å². The van der Waals surface area contributed by atoms with Gasteiger partial charge in [0.15, 0.2) is 0 Å². The van der Waals surface area contributed by atoms with Crippen LogP contribution in [0.4, 0.5) is 4.39 Å². The van der Waals surface area contributed by atoms with Gasteiger partial charge in [0.25, 0.3) is 5.91 Å². The first-order chi connectivity index (χ1) is 13.0. The molecule has 0 aromatic heterocycles. The Bertz CT molecular complexity index is 1010. The van der Waals surface area contributed by atoms with Gasteiger partial charge in [-0.3, -0.25) is 10.0 Å². The normalized spacial score (nSPS) is 15.2. The van der Waals surface area contributed by atoms with Crippen LogP contribution in [0, 0.1) is 5.82 Å². The molecule has 0 unspecified atom stereocenters. The summed E-state index contributed by atoms with van der Waals surface area (Å²) in [5.41, 5.74) is 3.21. The van der Waals surface area contributed by atoms with Gasteiger partial charge in [-0.15, -0.1) is 0 Å². The molecule has 6 nitrogen and oxygen atoms in total. The van der Waals surface area contributed by atoms with E-state index in [2.05, 4.69) is 0 Å². The maximum Gasteiger partial charge on any atom is 0.274 e. The average Bonchev–Trinajstić information content (AvgIpc) is 2.66. The van der Waals surface area contributed by atoms with Crippen LogP contribution in [0.25, 0.3) is 0 Å². The molecule has 3 rings (SSSR count). The van der Waals surface area contributed by atoms with Gasteiger partial charge in [-0.1, -0.05) is 32.9 Å². The van der Waals surface area contributed by atoms with Crippen molar-refractivity contribution in [2.75, 3.05) is 6.54 Å². The van der Waals surface area contributed by atoms with Crippen LogP contribution in [0.15, 0.2) is 41.3 Å². The topological polar surface area (TPSA) is 86.7 Å². The summed E-state index contributed by atoms with van der Waals surface area (Å²) in [6.45, 7) is 6.22. The SMILES string of the molecule is CC(C)(C)c1ccc(S(=O)(=O)N2CCc3cc(C(=O)NO)cc(F)c3C2)cc1. The highest BCUT2D eigenvalue weighted by Crippen LogP contribution is 2.29. The van der Waals surface area contributed by atoms with Crippen molar-refractivity contribution >= 4 is 15.9 Å². The van der Waals surface area contributed by atoms with Crippen LogP contribution in [0.1, 0.15) is 47.8 Å². The Morgan fingerprint density at radius 3 is 2.39 bits per heavy atom. The van der Waals surface area contributed by atoms with Gasteiger partial charge >= 0.3 is 0 Å². The third-order valence-electron chi connectivity index (χ3n) is 4.97. The van der Waals surface area contributed by atoms with E-state index in [1.165, 1.54) is 15.9 Å². The summed E-state index contributed by atoms with van der Waals surface area (Å²) in [6, 6.07) is 9.23. The number of rotatable bonds is 3. The number of halogens is 1. The molecule has 0 fully saturated rings. The second-order valence-electron chi connectivity index (χ2n) is 7.90. The minimum absolute atomic E-state index is 0.00664. The molecule has 0 aliphatic carbocycles. The summed E-state index contributed by atoms with van der Waals surface area (Å²) in [4.78, 5) is 11.7. The monoisotopic (exact) mass is 406 g/mol. The zero-order valence-corrected chi connectivity index (χ0v) is 16.8. The van der Waals surface area contributed by atoms with Gasteiger partial charge in [0, 0.05) is 24.2 Å². The van der Waals surface area contributed by atoms with Crippen LogP contribution in [-0.4, -0.2) is 30.4 Å². The molecule has 150 valence electrons. The number of carbonyl (C=O) groups is 1. The lowest BCUT2D eigenvalue weighted by Gasteiger charge is -2.29. The Kier molecular flexibility index (Phi) is 5.31. The van der Waals surface area contributed by atoms with E-state index >= 15 is 0 Å². The molecule has 2 N–H and O–H groups in total. The highest BCUT2D eigenvalue weighted by Gasteiger charge is 2.30. The number of carbonyl (C=O) groups excluding carboxylic acids is 1. The number of nitrogens with zero attached hydrogens (tertiary/aromatic N) is 1. The molecule has 0 saturated carbocycles. The van der Waals surface area contributed by atoms with Gasteiger partial charge in [0.2, 0.25) is 10.0 Å². The first-order valence-electron chi connectivity index (χ1n) is 8.90. The molecular formula is C20H23FN2O4S. The average molecular weight is 406 g/mol. The first-order valence-corrected chi connectivity index (χ1v) is 10.3. The molecule has 0 atom stereocenters. The fourth-order valence-corrected chi connectivity index (χ4v) is 4.68. The maximum absolute atomic E-state index is 14.5. The number of hydrogen-bond acceptors (Lipinski definition) is 4. The summed E-state index contributed by atoms with van der Waals surface area (Å²) in [5, 5.41) is 8.72. The van der Waals surface area contributed by atoms with Gasteiger partial charge in [-0.05, 0) is 47.2 Å². The van der Waals surface area contributed by atoms with Crippen LogP contribution in [0.2, 0.25) is 0 Å². The molecular weight excluding hydrogens is 383 g/mol. The Balaban J connectivity index is 1.89. The molecule has 0 saturated heterocycles. The van der Waals surface area contributed by atoms with Crippen molar-refractivity contribution in [1.82, 2.24) is 9.79 Å². The van der Waals surface area contributed by atoms with E-state index in [1.807, 2.05) is 20.8 Å². The third-order valence-corrected chi connectivity index (χ3v) is 6.83. The highest BCUT2D eigenvalue weighted by molar-refractivity contribution is 7.89. The molecule has 2 aromatic rings. The summed E-state index contributed by atoms with van der Waals surface area (Å²) >= 11 is 0. The van der Waals surface area contributed by atoms with Gasteiger partial charge in [0.1, 0.15) is 5.82 Å². The van der Waals surface area contributed by atoms with Crippen LogP contribution in [0.3, 0.4) is 0 Å². The molecule has 1 amide bonds. The van der Waals surface area contributed by atoms with Gasteiger partial charge in [-0.25, -0.2) is 18.3 Å². The maximum atomic E-state index is 14.5. The number of benzene rings is 2. The Labute approximate surface area is 164 Å². The first kappa shape index (κ1) is 20.4. The molecule has 1 aliphatic rings. The van der Waals surface area contributed by atoms with Crippen molar-refractivity contribution < 1.29 is 22.8 Å². The van der Waals surface area contributed by atoms with Crippen LogP contribution >= 0.6 is 0 Å². The van der Waals surface area contributed by atoms with E-state index in [1.54, 1.807) is 24.3 Å². The summed E-state index contributed by atoms with van der Waals surface area (Å²) in [7, 11) is -3.77. The van der Waals surface area contributed by atoms with E-state index in [-0.39, 0.29) is 40.9 Å². The smallest absolute Gasteiger partial charge is 0.274 e. The van der Waals surface area contributed by atoms with E-state index in [0.29, 0.717) is 5.56 Å². The predicted octanol–water partition coefficient (Wildman–Crippen LogP) is 2.99. The number of hydroxylamine groups is 1. The van der Waals surface area contributed by atoms with E-state index < -0.39 is 21.7 Å². The minimum Gasteiger partial charge on any atom is -0.288 e. The molecule has 0 spiro atoms. The number of sulfonamides is 1. The second kappa shape index (κ2) is 7.27. The van der Waals surface area contributed by atoms with E-state index in [4.69, 9.17) is 5.21 Å². The van der Waals surface area contributed by atoms with Crippen molar-refractivity contribution in [3.8, 4) is 0 Å². The largest absolute Gasteiger partial charge is 0.288 e. The summed E-state index contributed by atoms with van der Waals surface area (Å²) in [6.07, 6.45) is 0.276. The third kappa shape index (κ3) is 3.80.